The fourth-order valence-electron chi connectivity index (χ4n) is 4.31. The number of nitrogens with one attached hydrogen (secondary N) is 3. The lowest BCUT2D eigenvalue weighted by molar-refractivity contribution is -0.117. The Hall–Kier alpha value is -3.76. The van der Waals surface area contributed by atoms with Crippen molar-refractivity contribution < 1.29 is 9.90 Å². The minimum absolute atomic E-state index is 0.104. The average molecular weight is 461 g/mol. The molecule has 0 bridgehead atoms. The number of carbonyl (C=O) groups is 1. The zero-order valence-electron chi connectivity index (χ0n) is 19.5. The van der Waals surface area contributed by atoms with Gasteiger partial charge in [-0.1, -0.05) is 12.1 Å². The first-order chi connectivity index (χ1) is 16.4. The maximum absolute atomic E-state index is 12.6. The Kier molecular flexibility index (Phi) is 5.76. The molecule has 176 valence electrons. The molecule has 10 nitrogen and oxygen atoms in total. The molecule has 4 heterocycles. The van der Waals surface area contributed by atoms with Gasteiger partial charge in [0, 0.05) is 55.2 Å². The van der Waals surface area contributed by atoms with Crippen molar-refractivity contribution in [1.29, 1.82) is 0 Å². The van der Waals surface area contributed by atoms with E-state index in [-0.39, 0.29) is 18.6 Å². The van der Waals surface area contributed by atoms with Crippen LogP contribution in [0.1, 0.15) is 17.7 Å². The van der Waals surface area contributed by atoms with Crippen molar-refractivity contribution in [3.63, 3.8) is 0 Å². The maximum atomic E-state index is 12.6. The van der Waals surface area contributed by atoms with Crippen LogP contribution in [0.25, 0.3) is 22.2 Å². The molecule has 0 saturated carbocycles. The number of aromatic nitrogens is 5. The molecule has 1 amide bonds. The number of likely N-dealkylation sites (tertiary alicyclic amines) is 1. The summed E-state index contributed by atoms with van der Waals surface area (Å²) in [6.45, 7) is 5.47. The quantitative estimate of drug-likeness (QED) is 0.349. The van der Waals surface area contributed by atoms with Gasteiger partial charge < -0.3 is 20.7 Å². The van der Waals surface area contributed by atoms with Crippen LogP contribution in [0.2, 0.25) is 0 Å². The van der Waals surface area contributed by atoms with Gasteiger partial charge in [0.2, 0.25) is 11.9 Å². The van der Waals surface area contributed by atoms with Gasteiger partial charge in [0.05, 0.1) is 29.5 Å². The fourth-order valence-corrected chi connectivity index (χ4v) is 4.31. The van der Waals surface area contributed by atoms with E-state index in [1.54, 1.807) is 10.9 Å². The highest BCUT2D eigenvalue weighted by Gasteiger charge is 2.22. The van der Waals surface area contributed by atoms with E-state index in [1.165, 1.54) is 0 Å². The molecule has 1 fully saturated rings. The number of carbonyl (C=O) groups excluding carboxylic acids is 1. The van der Waals surface area contributed by atoms with Crippen LogP contribution in [0.15, 0.2) is 36.7 Å². The number of aromatic amines is 1. The van der Waals surface area contributed by atoms with Crippen LogP contribution in [0.4, 0.5) is 17.5 Å². The number of rotatable bonds is 6. The number of aliphatic hydroxyl groups excluding tert-OH is 1. The fraction of sp³-hybridized carbons (Fsp3) is 0.333. The van der Waals surface area contributed by atoms with E-state index in [4.69, 9.17) is 4.98 Å². The summed E-state index contributed by atoms with van der Waals surface area (Å²) in [5, 5.41) is 21.2. The molecule has 0 radical (unpaired) electrons. The zero-order valence-corrected chi connectivity index (χ0v) is 19.5. The molecular weight excluding hydrogens is 432 g/mol. The predicted octanol–water partition coefficient (Wildman–Crippen LogP) is 2.72. The summed E-state index contributed by atoms with van der Waals surface area (Å²) in [5.41, 5.74) is 5.23. The molecule has 1 aromatic carbocycles. The van der Waals surface area contributed by atoms with E-state index in [9.17, 15) is 9.90 Å². The van der Waals surface area contributed by atoms with Crippen LogP contribution in [0.5, 0.6) is 0 Å². The van der Waals surface area contributed by atoms with Crippen LogP contribution >= 0.6 is 0 Å². The minimum Gasteiger partial charge on any atom is -0.392 e. The van der Waals surface area contributed by atoms with Crippen molar-refractivity contribution in [1.82, 2.24) is 29.6 Å². The zero-order chi connectivity index (χ0) is 23.8. The second kappa shape index (κ2) is 8.88. The van der Waals surface area contributed by atoms with Crippen molar-refractivity contribution in [3.8, 4) is 11.3 Å². The first-order valence-corrected chi connectivity index (χ1v) is 11.3. The number of aliphatic hydroxyl groups is 1. The van der Waals surface area contributed by atoms with Gasteiger partial charge in [-0.2, -0.15) is 5.10 Å². The average Bonchev–Trinajstić information content (AvgIpc) is 3.49. The third kappa shape index (κ3) is 4.37. The van der Waals surface area contributed by atoms with Crippen molar-refractivity contribution in [2.75, 3.05) is 30.3 Å². The van der Waals surface area contributed by atoms with Gasteiger partial charge in [-0.05, 0) is 31.9 Å². The molecule has 1 atom stereocenters. The summed E-state index contributed by atoms with van der Waals surface area (Å²) in [5.74, 6) is 1.04. The first-order valence-electron chi connectivity index (χ1n) is 11.3. The Bertz CT molecular complexity index is 1340. The smallest absolute Gasteiger partial charge is 0.238 e. The largest absolute Gasteiger partial charge is 0.392 e. The van der Waals surface area contributed by atoms with Crippen LogP contribution in [-0.2, 0) is 11.8 Å². The summed E-state index contributed by atoms with van der Waals surface area (Å²) in [6, 6.07) is 7.74. The molecule has 0 spiro atoms. The van der Waals surface area contributed by atoms with Crippen LogP contribution in [0, 0.1) is 13.8 Å². The highest BCUT2D eigenvalue weighted by molar-refractivity contribution is 6.06. The standard InChI is InChI=1S/C24H28N8O2/c1-14-10-26-24(28-20-9-15(2)31(3)30-20)29-22(14)18-11-25-23-17(18)5-4-6-19(23)27-21(34)13-32-8-7-16(33)12-32/h4-6,9-11,16,25,33H,7-8,12-13H2,1-3H3,(H,27,34)(H,26,28,29,30)/t16-/m0/s1. The Morgan fingerprint density at radius 1 is 1.32 bits per heavy atom. The third-order valence-corrected chi connectivity index (χ3v) is 6.18. The molecule has 4 aromatic rings. The van der Waals surface area contributed by atoms with Gasteiger partial charge in [-0.25, -0.2) is 9.97 Å². The monoisotopic (exact) mass is 460 g/mol. The van der Waals surface area contributed by atoms with E-state index in [2.05, 4.69) is 25.7 Å². The molecule has 3 aromatic heterocycles. The van der Waals surface area contributed by atoms with Crippen LogP contribution in [0.3, 0.4) is 0 Å². The molecule has 10 heteroatoms. The molecule has 1 saturated heterocycles. The molecule has 0 unspecified atom stereocenters. The number of amides is 1. The maximum Gasteiger partial charge on any atom is 0.238 e. The lowest BCUT2D eigenvalue weighted by atomic mass is 10.1. The number of hydrogen-bond acceptors (Lipinski definition) is 7. The lowest BCUT2D eigenvalue weighted by Gasteiger charge is -2.14. The van der Waals surface area contributed by atoms with Crippen LogP contribution < -0.4 is 10.6 Å². The highest BCUT2D eigenvalue weighted by atomic mass is 16.3. The number of H-pyrrole nitrogens is 1. The molecule has 1 aliphatic rings. The number of anilines is 3. The SMILES string of the molecule is Cc1cnc(Nc2cc(C)n(C)n2)nc1-c1c[nH]c2c(NC(=O)CN3CC[C@H](O)C3)cccc12. The molecule has 34 heavy (non-hydrogen) atoms. The summed E-state index contributed by atoms with van der Waals surface area (Å²) in [4.78, 5) is 27.0. The van der Waals surface area contributed by atoms with Gasteiger partial charge in [-0.3, -0.25) is 14.4 Å². The van der Waals surface area contributed by atoms with Crippen molar-refractivity contribution >= 4 is 34.3 Å². The summed E-state index contributed by atoms with van der Waals surface area (Å²) < 4.78 is 1.79. The van der Waals surface area contributed by atoms with Gasteiger partial charge in [-0.15, -0.1) is 0 Å². The number of fused-ring (bicyclic) bond motifs is 1. The summed E-state index contributed by atoms with van der Waals surface area (Å²) in [7, 11) is 1.89. The number of aryl methyl sites for hydroxylation is 3. The van der Waals surface area contributed by atoms with Gasteiger partial charge in [0.15, 0.2) is 5.82 Å². The third-order valence-electron chi connectivity index (χ3n) is 6.18. The number of β-amino-alcohol motifs (C(OH)–C–C–N with tert-alkyl or cyclic N) is 1. The predicted molar refractivity (Wildman–Crippen MR) is 131 cm³/mol. The molecule has 5 rings (SSSR count). The lowest BCUT2D eigenvalue weighted by Crippen LogP contribution is -2.32. The number of hydrogen-bond donors (Lipinski definition) is 4. The summed E-state index contributed by atoms with van der Waals surface area (Å²) >= 11 is 0. The normalized spacial score (nSPS) is 16.3. The van der Waals surface area contributed by atoms with Gasteiger partial charge >= 0.3 is 0 Å². The van der Waals surface area contributed by atoms with E-state index in [0.29, 0.717) is 30.4 Å². The second-order valence-corrected chi connectivity index (χ2v) is 8.80. The first kappa shape index (κ1) is 22.1. The van der Waals surface area contributed by atoms with E-state index >= 15 is 0 Å². The van der Waals surface area contributed by atoms with Crippen molar-refractivity contribution in [3.05, 3.63) is 47.9 Å². The number of nitrogens with zero attached hydrogens (tertiary/aromatic N) is 5. The van der Waals surface area contributed by atoms with E-state index in [0.717, 1.165) is 40.0 Å². The molecular formula is C24H28N8O2. The summed E-state index contributed by atoms with van der Waals surface area (Å²) in [6.07, 6.45) is 4.05. The topological polar surface area (TPSA) is 124 Å². The Morgan fingerprint density at radius 2 is 2.18 bits per heavy atom. The van der Waals surface area contributed by atoms with Gasteiger partial charge in [0.25, 0.3) is 0 Å². The van der Waals surface area contributed by atoms with Crippen molar-refractivity contribution in [2.24, 2.45) is 7.05 Å². The minimum atomic E-state index is -0.348. The van der Waals surface area contributed by atoms with Crippen molar-refractivity contribution in [2.45, 2.75) is 26.4 Å². The second-order valence-electron chi connectivity index (χ2n) is 8.80. The van der Waals surface area contributed by atoms with Crippen LogP contribution in [-0.4, -0.2) is 66.4 Å². The Morgan fingerprint density at radius 3 is 2.91 bits per heavy atom. The highest BCUT2D eigenvalue weighted by Crippen LogP contribution is 2.33. The Balaban J connectivity index is 1.40. The molecule has 0 aliphatic carbocycles. The molecule has 1 aliphatic heterocycles. The molecule has 4 N–H and O–H groups in total. The number of benzene rings is 1. The Labute approximate surface area is 197 Å². The van der Waals surface area contributed by atoms with E-state index < -0.39 is 0 Å². The van der Waals surface area contributed by atoms with Gasteiger partial charge in [0.1, 0.15) is 0 Å². The van der Waals surface area contributed by atoms with E-state index in [1.807, 2.05) is 56.3 Å². The number of para-hydroxylation sites is 1.